The van der Waals surface area contributed by atoms with Gasteiger partial charge in [0.15, 0.2) is 0 Å². The number of rotatable bonds is 6. The fraction of sp³-hybridized carbons (Fsp3) is 0.889. The molecule has 4 heteroatoms. The molecule has 0 radical (unpaired) electrons. The minimum atomic E-state index is 0. The first-order valence-corrected chi connectivity index (χ1v) is 5.55. The summed E-state index contributed by atoms with van der Waals surface area (Å²) < 4.78 is 0.747. The number of thiol groups is 1. The Bertz CT molecular complexity index is 131. The average Bonchev–Trinajstić information content (AvgIpc) is 2.04. The van der Waals surface area contributed by atoms with E-state index in [-0.39, 0.29) is 40.6 Å². The van der Waals surface area contributed by atoms with Gasteiger partial charge in [0.25, 0.3) is 0 Å². The van der Waals surface area contributed by atoms with Crippen molar-refractivity contribution < 1.29 is 2.85 Å². The molecule has 0 atom stereocenters. The molecule has 0 amide bonds. The van der Waals surface area contributed by atoms with E-state index in [0.29, 0.717) is 0 Å². The largest absolute Gasteiger partial charge is 2.00 e. The molecule has 0 aromatic carbocycles. The van der Waals surface area contributed by atoms with Crippen LogP contribution in [-0.2, 0) is 0 Å². The summed E-state index contributed by atoms with van der Waals surface area (Å²) in [6.07, 6.45) is 4.87. The van der Waals surface area contributed by atoms with Gasteiger partial charge in [-0.1, -0.05) is 38.9 Å². The summed E-state index contributed by atoms with van der Waals surface area (Å²) in [7, 11) is 0. The molecule has 0 fully saturated rings. The van der Waals surface area contributed by atoms with E-state index in [0.717, 1.165) is 17.4 Å². The maximum atomic E-state index is 5.03. The zero-order valence-corrected chi connectivity index (χ0v) is 12.7. The second-order valence-electron chi connectivity index (χ2n) is 2.98. The van der Waals surface area contributed by atoms with Crippen LogP contribution in [0, 0.1) is 0 Å². The summed E-state index contributed by atoms with van der Waals surface area (Å²) in [5.41, 5.74) is 0. The van der Waals surface area contributed by atoms with Crippen LogP contribution in [0.2, 0.25) is 0 Å². The van der Waals surface area contributed by atoms with Gasteiger partial charge in [0.05, 0.1) is 0 Å². The van der Waals surface area contributed by atoms with E-state index in [1.807, 2.05) is 0 Å². The summed E-state index contributed by atoms with van der Waals surface area (Å²) in [6.45, 7) is 6.52. The molecule has 0 saturated carbocycles. The maximum absolute atomic E-state index is 5.03. The van der Waals surface area contributed by atoms with E-state index in [9.17, 15) is 0 Å². The summed E-state index contributed by atoms with van der Waals surface area (Å²) in [5.74, 6) is 0. The first kappa shape index (κ1) is 16.9. The Morgan fingerprint density at radius 1 is 1.23 bits per heavy atom. The molecule has 0 aliphatic carbocycles. The van der Waals surface area contributed by atoms with Crippen molar-refractivity contribution in [2.24, 2.45) is 0 Å². The molecule has 0 aliphatic heterocycles. The Labute approximate surface area is 126 Å². The molecule has 0 aliphatic rings. The van der Waals surface area contributed by atoms with Gasteiger partial charge in [-0.2, -0.15) is 0 Å². The number of nitrogens with zero attached hydrogens (tertiary/aromatic N) is 1. The SMILES string of the molecule is CCCCN(CCCC)C(=S)S.[Ca+2].[H-].[H-]. The second-order valence-corrected chi connectivity index (χ2v) is 4.09. The molecular formula is C9H21CaNS2. The van der Waals surface area contributed by atoms with Gasteiger partial charge in [0.1, 0.15) is 4.32 Å². The molecule has 13 heavy (non-hydrogen) atoms. The Hall–Kier alpha value is 1.50. The fourth-order valence-electron chi connectivity index (χ4n) is 1.00. The van der Waals surface area contributed by atoms with E-state index in [2.05, 4.69) is 31.4 Å². The first-order valence-electron chi connectivity index (χ1n) is 4.70. The Morgan fingerprint density at radius 3 is 1.85 bits per heavy atom. The molecule has 0 rings (SSSR count). The zero-order chi connectivity index (χ0) is 9.40. The van der Waals surface area contributed by atoms with Gasteiger partial charge in [0, 0.05) is 13.1 Å². The predicted octanol–water partition coefficient (Wildman–Crippen LogP) is 2.95. The van der Waals surface area contributed by atoms with Crippen LogP contribution in [0.25, 0.3) is 0 Å². The summed E-state index contributed by atoms with van der Waals surface area (Å²) in [5, 5.41) is 0. The van der Waals surface area contributed by atoms with Gasteiger partial charge >= 0.3 is 37.7 Å². The molecule has 0 aromatic heterocycles. The minimum absolute atomic E-state index is 0. The summed E-state index contributed by atoms with van der Waals surface area (Å²) in [4.78, 5) is 2.19. The van der Waals surface area contributed by atoms with Crippen LogP contribution in [0.4, 0.5) is 0 Å². The van der Waals surface area contributed by atoms with Crippen molar-refractivity contribution in [3.63, 3.8) is 0 Å². The van der Waals surface area contributed by atoms with Gasteiger partial charge in [-0.15, -0.1) is 12.6 Å². The molecule has 0 aromatic rings. The van der Waals surface area contributed by atoms with Crippen LogP contribution >= 0.6 is 24.8 Å². The van der Waals surface area contributed by atoms with Crippen molar-refractivity contribution in [3.8, 4) is 0 Å². The summed E-state index contributed by atoms with van der Waals surface area (Å²) in [6, 6.07) is 0. The molecule has 0 saturated heterocycles. The van der Waals surface area contributed by atoms with E-state index >= 15 is 0 Å². The third-order valence-electron chi connectivity index (χ3n) is 1.83. The third kappa shape index (κ3) is 9.80. The van der Waals surface area contributed by atoms with E-state index < -0.39 is 0 Å². The molecule has 0 heterocycles. The van der Waals surface area contributed by atoms with Crippen LogP contribution in [0.3, 0.4) is 0 Å². The van der Waals surface area contributed by atoms with Gasteiger partial charge in [-0.05, 0) is 12.8 Å². The number of thiocarbonyl (C=S) groups is 1. The van der Waals surface area contributed by atoms with Gasteiger partial charge in [0.2, 0.25) is 0 Å². The second kappa shape index (κ2) is 11.6. The van der Waals surface area contributed by atoms with Crippen LogP contribution in [0.1, 0.15) is 42.4 Å². The quantitative estimate of drug-likeness (QED) is 0.437. The smallest absolute Gasteiger partial charge is 1.00 e. The van der Waals surface area contributed by atoms with E-state index in [1.54, 1.807) is 0 Å². The van der Waals surface area contributed by atoms with Crippen LogP contribution in [-0.4, -0.2) is 60.0 Å². The number of hydrogen-bond donors (Lipinski definition) is 1. The van der Waals surface area contributed by atoms with Crippen molar-refractivity contribution in [3.05, 3.63) is 0 Å². The maximum Gasteiger partial charge on any atom is 2.00 e. The molecule has 1 nitrogen and oxygen atoms in total. The van der Waals surface area contributed by atoms with Crippen molar-refractivity contribution >= 4 is 66.9 Å². The molecule has 0 spiro atoms. The molecule has 0 unspecified atom stereocenters. The normalized spacial score (nSPS) is 9.15. The predicted molar refractivity (Wildman–Crippen MR) is 71.0 cm³/mol. The topological polar surface area (TPSA) is 3.24 Å². The zero-order valence-electron chi connectivity index (χ0n) is 10.8. The Morgan fingerprint density at radius 2 is 1.62 bits per heavy atom. The van der Waals surface area contributed by atoms with Crippen LogP contribution in [0.15, 0.2) is 0 Å². The molecule has 0 N–H and O–H groups in total. The van der Waals surface area contributed by atoms with Crippen molar-refractivity contribution in [1.82, 2.24) is 4.90 Å². The standard InChI is InChI=1S/C9H19NS2.Ca.2H/c1-3-5-7-10(9(11)12)8-6-4-2;;;/h3-8H2,1-2H3,(H,11,12);;;/q;+2;2*-1. The van der Waals surface area contributed by atoms with Gasteiger partial charge in [-0.25, -0.2) is 0 Å². The third-order valence-corrected chi connectivity index (χ3v) is 2.37. The Balaban J connectivity index is -0.000000202. The van der Waals surface area contributed by atoms with E-state index in [4.69, 9.17) is 12.2 Å². The Kier molecular flexibility index (Phi) is 15.1. The first-order chi connectivity index (χ1) is 5.72. The van der Waals surface area contributed by atoms with Crippen molar-refractivity contribution in [2.75, 3.05) is 13.1 Å². The molecule has 76 valence electrons. The average molecular weight is 247 g/mol. The van der Waals surface area contributed by atoms with Crippen LogP contribution < -0.4 is 0 Å². The number of unbranched alkanes of at least 4 members (excludes halogenated alkanes) is 2. The fourth-order valence-corrected chi connectivity index (χ4v) is 1.38. The van der Waals surface area contributed by atoms with Gasteiger partial charge in [-0.3, -0.25) is 0 Å². The summed E-state index contributed by atoms with van der Waals surface area (Å²) >= 11 is 9.23. The monoisotopic (exact) mass is 247 g/mol. The van der Waals surface area contributed by atoms with E-state index in [1.165, 1.54) is 25.7 Å². The molecule has 0 bridgehead atoms. The molecular weight excluding hydrogens is 226 g/mol. The van der Waals surface area contributed by atoms with Crippen LogP contribution in [0.5, 0.6) is 0 Å². The van der Waals surface area contributed by atoms with Crippen molar-refractivity contribution in [2.45, 2.75) is 39.5 Å². The van der Waals surface area contributed by atoms with Crippen molar-refractivity contribution in [1.29, 1.82) is 0 Å². The van der Waals surface area contributed by atoms with Gasteiger partial charge < -0.3 is 7.75 Å². The minimum Gasteiger partial charge on any atom is -1.00 e. The number of hydrogen-bond acceptors (Lipinski definition) is 1.